The lowest BCUT2D eigenvalue weighted by molar-refractivity contribution is 0.0596. The summed E-state index contributed by atoms with van der Waals surface area (Å²) >= 11 is 0. The van der Waals surface area contributed by atoms with Gasteiger partial charge in [-0.3, -0.25) is 0 Å². The molecule has 0 heterocycles. The molecular formula is C13H17N3O4S. The number of nitrogen functional groups attached to an aromatic ring is 1. The third-order valence-electron chi connectivity index (χ3n) is 2.85. The number of carbonyl (C=O) groups is 1. The Kier molecular flexibility index (Phi) is 5.29. The summed E-state index contributed by atoms with van der Waals surface area (Å²) in [4.78, 5) is 11.5. The average Bonchev–Trinajstić information content (AvgIpc) is 2.45. The van der Waals surface area contributed by atoms with Crippen molar-refractivity contribution in [3.8, 4) is 6.07 Å². The number of ether oxygens (including phenoxy) is 1. The van der Waals surface area contributed by atoms with E-state index >= 15 is 0 Å². The molecule has 0 saturated heterocycles. The predicted molar refractivity (Wildman–Crippen MR) is 76.8 cm³/mol. The zero-order chi connectivity index (χ0) is 16.2. The first kappa shape index (κ1) is 16.9. The molecule has 0 aliphatic carbocycles. The average molecular weight is 311 g/mol. The number of benzene rings is 1. The standard InChI is InChI=1S/C13H17N3O4S/c1-9(7-14)8-16(2)21(18,19)12-6-10(15)4-5-11(12)13(17)20-3/h4-6,9H,8,15H2,1-3H3. The van der Waals surface area contributed by atoms with Gasteiger partial charge < -0.3 is 10.5 Å². The number of anilines is 1. The first-order valence-corrected chi connectivity index (χ1v) is 7.51. The monoisotopic (exact) mass is 311 g/mol. The van der Waals surface area contributed by atoms with E-state index < -0.39 is 21.9 Å². The van der Waals surface area contributed by atoms with E-state index in [0.29, 0.717) is 0 Å². The molecule has 1 unspecified atom stereocenters. The summed E-state index contributed by atoms with van der Waals surface area (Å²) in [6, 6.07) is 5.88. The van der Waals surface area contributed by atoms with Crippen LogP contribution < -0.4 is 5.73 Å². The quantitative estimate of drug-likeness (QED) is 0.636. The van der Waals surface area contributed by atoms with Crippen LogP contribution in [-0.4, -0.2) is 39.4 Å². The van der Waals surface area contributed by atoms with Gasteiger partial charge in [-0.1, -0.05) is 0 Å². The highest BCUT2D eigenvalue weighted by Gasteiger charge is 2.28. The molecule has 7 nitrogen and oxygen atoms in total. The lowest BCUT2D eigenvalue weighted by atomic mass is 10.2. The molecule has 1 atom stereocenters. The van der Waals surface area contributed by atoms with Crippen molar-refractivity contribution >= 4 is 21.7 Å². The topological polar surface area (TPSA) is 113 Å². The maximum absolute atomic E-state index is 12.5. The second kappa shape index (κ2) is 6.56. The fraction of sp³-hybridized carbons (Fsp3) is 0.385. The van der Waals surface area contributed by atoms with Crippen molar-refractivity contribution in [2.75, 3.05) is 26.4 Å². The van der Waals surface area contributed by atoms with Crippen LogP contribution in [0.5, 0.6) is 0 Å². The van der Waals surface area contributed by atoms with Crippen LogP contribution in [-0.2, 0) is 14.8 Å². The minimum atomic E-state index is -3.95. The molecular weight excluding hydrogens is 294 g/mol. The Labute approximate surface area is 124 Å². The number of hydrogen-bond acceptors (Lipinski definition) is 6. The van der Waals surface area contributed by atoms with E-state index in [1.165, 1.54) is 25.2 Å². The normalized spacial score (nSPS) is 12.7. The number of nitrogens with zero attached hydrogens (tertiary/aromatic N) is 2. The number of rotatable bonds is 5. The van der Waals surface area contributed by atoms with E-state index in [1.807, 2.05) is 6.07 Å². The molecule has 21 heavy (non-hydrogen) atoms. The van der Waals surface area contributed by atoms with Crippen LogP contribution in [0.3, 0.4) is 0 Å². The van der Waals surface area contributed by atoms with Gasteiger partial charge in [0.15, 0.2) is 0 Å². The molecule has 0 aromatic heterocycles. The Morgan fingerprint density at radius 3 is 2.67 bits per heavy atom. The minimum absolute atomic E-state index is 0.00818. The molecule has 1 aromatic carbocycles. The van der Waals surface area contributed by atoms with E-state index in [4.69, 9.17) is 11.0 Å². The van der Waals surface area contributed by atoms with Crippen LogP contribution >= 0.6 is 0 Å². The summed E-state index contributed by atoms with van der Waals surface area (Å²) in [6.45, 7) is 1.61. The SMILES string of the molecule is COC(=O)c1ccc(N)cc1S(=O)(=O)N(C)CC(C)C#N. The summed E-state index contributed by atoms with van der Waals surface area (Å²) in [6.07, 6.45) is 0. The number of esters is 1. The molecule has 8 heteroatoms. The first-order valence-electron chi connectivity index (χ1n) is 6.07. The van der Waals surface area contributed by atoms with Crippen molar-refractivity contribution in [1.82, 2.24) is 4.31 Å². The van der Waals surface area contributed by atoms with Crippen LogP contribution in [0.15, 0.2) is 23.1 Å². The molecule has 114 valence electrons. The van der Waals surface area contributed by atoms with Gasteiger partial charge in [-0.2, -0.15) is 9.57 Å². The van der Waals surface area contributed by atoms with Crippen molar-refractivity contribution in [1.29, 1.82) is 5.26 Å². The molecule has 0 saturated carbocycles. The van der Waals surface area contributed by atoms with Gasteiger partial charge in [0.2, 0.25) is 10.0 Å². The molecule has 1 rings (SSSR count). The summed E-state index contributed by atoms with van der Waals surface area (Å²) < 4.78 is 30.7. The van der Waals surface area contributed by atoms with Crippen molar-refractivity contribution in [3.63, 3.8) is 0 Å². The summed E-state index contributed by atoms with van der Waals surface area (Å²) in [7, 11) is -1.45. The lowest BCUT2D eigenvalue weighted by Gasteiger charge is -2.19. The van der Waals surface area contributed by atoms with Gasteiger partial charge in [-0.25, -0.2) is 13.2 Å². The number of hydrogen-bond donors (Lipinski definition) is 1. The molecule has 0 radical (unpaired) electrons. The lowest BCUT2D eigenvalue weighted by Crippen LogP contribution is -2.32. The van der Waals surface area contributed by atoms with Crippen molar-refractivity contribution in [3.05, 3.63) is 23.8 Å². The Morgan fingerprint density at radius 2 is 2.14 bits per heavy atom. The van der Waals surface area contributed by atoms with Gasteiger partial charge in [0, 0.05) is 19.3 Å². The van der Waals surface area contributed by atoms with Crippen molar-refractivity contribution < 1.29 is 17.9 Å². The fourth-order valence-corrected chi connectivity index (χ4v) is 3.19. The van der Waals surface area contributed by atoms with E-state index in [2.05, 4.69) is 4.74 Å². The third-order valence-corrected chi connectivity index (χ3v) is 4.71. The zero-order valence-corrected chi connectivity index (χ0v) is 12.8. The second-order valence-electron chi connectivity index (χ2n) is 4.56. The molecule has 0 amide bonds. The van der Waals surface area contributed by atoms with Crippen LogP contribution in [0.25, 0.3) is 0 Å². The van der Waals surface area contributed by atoms with Gasteiger partial charge in [-0.05, 0) is 25.1 Å². The minimum Gasteiger partial charge on any atom is -0.465 e. The van der Waals surface area contributed by atoms with E-state index in [0.717, 1.165) is 11.4 Å². The van der Waals surface area contributed by atoms with Crippen LogP contribution in [0.2, 0.25) is 0 Å². The number of sulfonamides is 1. The zero-order valence-electron chi connectivity index (χ0n) is 12.0. The fourth-order valence-electron chi connectivity index (χ4n) is 1.72. The Bertz CT molecular complexity index is 679. The van der Waals surface area contributed by atoms with Crippen molar-refractivity contribution in [2.24, 2.45) is 5.92 Å². The summed E-state index contributed by atoms with van der Waals surface area (Å²) in [5.74, 6) is -1.25. The van der Waals surface area contributed by atoms with Crippen LogP contribution in [0.1, 0.15) is 17.3 Å². The van der Waals surface area contributed by atoms with Crippen LogP contribution in [0, 0.1) is 17.2 Å². The summed E-state index contributed by atoms with van der Waals surface area (Å²) in [5, 5.41) is 8.78. The van der Waals surface area contributed by atoms with Gasteiger partial charge in [0.1, 0.15) is 0 Å². The highest BCUT2D eigenvalue weighted by atomic mass is 32.2. The maximum Gasteiger partial charge on any atom is 0.339 e. The summed E-state index contributed by atoms with van der Waals surface area (Å²) in [5.41, 5.74) is 5.72. The molecule has 0 bridgehead atoms. The Balaban J connectivity index is 3.34. The van der Waals surface area contributed by atoms with E-state index in [9.17, 15) is 13.2 Å². The third kappa shape index (κ3) is 3.71. The molecule has 2 N–H and O–H groups in total. The molecule has 1 aromatic rings. The van der Waals surface area contributed by atoms with Gasteiger partial charge >= 0.3 is 5.97 Å². The molecule has 0 aliphatic rings. The van der Waals surface area contributed by atoms with Crippen molar-refractivity contribution in [2.45, 2.75) is 11.8 Å². The highest BCUT2D eigenvalue weighted by molar-refractivity contribution is 7.89. The van der Waals surface area contributed by atoms with Gasteiger partial charge in [0.05, 0.1) is 29.6 Å². The Morgan fingerprint density at radius 1 is 1.52 bits per heavy atom. The van der Waals surface area contributed by atoms with E-state index in [1.54, 1.807) is 6.92 Å². The van der Waals surface area contributed by atoms with Gasteiger partial charge in [-0.15, -0.1) is 0 Å². The predicted octanol–water partition coefficient (Wildman–Crippen LogP) is 0.836. The number of nitriles is 1. The smallest absolute Gasteiger partial charge is 0.339 e. The second-order valence-corrected chi connectivity index (χ2v) is 6.58. The number of nitrogens with two attached hydrogens (primary N) is 1. The van der Waals surface area contributed by atoms with Crippen LogP contribution in [0.4, 0.5) is 5.69 Å². The molecule has 0 spiro atoms. The Hall–Kier alpha value is -2.11. The largest absolute Gasteiger partial charge is 0.465 e. The van der Waals surface area contributed by atoms with Gasteiger partial charge in [0.25, 0.3) is 0 Å². The highest BCUT2D eigenvalue weighted by Crippen LogP contribution is 2.23. The first-order chi connectivity index (χ1) is 9.73. The number of methoxy groups -OCH3 is 1. The molecule has 0 aliphatic heterocycles. The number of carbonyl (C=O) groups excluding carboxylic acids is 1. The van der Waals surface area contributed by atoms with E-state index in [-0.39, 0.29) is 22.7 Å². The maximum atomic E-state index is 12.5. The molecule has 0 fully saturated rings.